The van der Waals surface area contributed by atoms with Crippen LogP contribution >= 0.6 is 11.8 Å². The summed E-state index contributed by atoms with van der Waals surface area (Å²) in [4.78, 5) is 12.4. The van der Waals surface area contributed by atoms with Gasteiger partial charge < -0.3 is 9.47 Å². The summed E-state index contributed by atoms with van der Waals surface area (Å²) in [5.41, 5.74) is -4.06. The van der Waals surface area contributed by atoms with Crippen molar-refractivity contribution in [3.05, 3.63) is 23.3 Å². The normalized spacial score (nSPS) is 25.8. The number of hydrogen-bond donors (Lipinski definition) is 0. The first-order valence-electron chi connectivity index (χ1n) is 12.2. The van der Waals surface area contributed by atoms with Crippen LogP contribution in [0.25, 0.3) is 0 Å². The van der Waals surface area contributed by atoms with E-state index in [9.17, 15) is 31.1 Å². The highest BCUT2D eigenvalue weighted by molar-refractivity contribution is 8.13. The zero-order valence-electron chi connectivity index (χ0n) is 19.9. The van der Waals surface area contributed by atoms with Gasteiger partial charge >= 0.3 is 17.7 Å². The fourth-order valence-corrected chi connectivity index (χ4v) is 6.58. The molecule has 0 bridgehead atoms. The Morgan fingerprint density at radius 1 is 0.857 bits per heavy atom. The lowest BCUT2D eigenvalue weighted by Crippen LogP contribution is -2.27. The quantitative estimate of drug-likeness (QED) is 0.274. The minimum atomic E-state index is -5.39. The summed E-state index contributed by atoms with van der Waals surface area (Å²) in [6, 6.07) is 1.42. The van der Waals surface area contributed by atoms with Crippen LogP contribution in [0.15, 0.2) is 12.1 Å². The maximum absolute atomic E-state index is 13.6. The Bertz CT molecular complexity index is 854. The number of ether oxygens (including phenoxy) is 2. The van der Waals surface area contributed by atoms with Crippen molar-refractivity contribution in [2.45, 2.75) is 88.7 Å². The van der Waals surface area contributed by atoms with Crippen molar-refractivity contribution in [1.29, 1.82) is 0 Å². The highest BCUT2D eigenvalue weighted by Gasteiger charge is 2.48. The molecule has 0 aliphatic heterocycles. The lowest BCUT2D eigenvalue weighted by atomic mass is 9.70. The van der Waals surface area contributed by atoms with Crippen LogP contribution in [0, 0.1) is 17.8 Å². The largest absolute Gasteiger partial charge is 0.496 e. The zero-order chi connectivity index (χ0) is 25.8. The molecule has 0 spiro atoms. The Morgan fingerprint density at radius 3 is 1.83 bits per heavy atom. The summed E-state index contributed by atoms with van der Waals surface area (Å²) in [5.74, 6) is -0.0380. The number of hydrogen-bond acceptors (Lipinski definition) is 4. The molecule has 0 unspecified atom stereocenters. The van der Waals surface area contributed by atoms with Crippen molar-refractivity contribution < 1.29 is 40.6 Å². The summed E-state index contributed by atoms with van der Waals surface area (Å²) in [6.07, 6.45) is 0.121. The van der Waals surface area contributed by atoms with Crippen molar-refractivity contribution in [2.75, 3.05) is 7.11 Å². The Kier molecular flexibility index (Phi) is 9.32. The fraction of sp³-hybridized carbons (Fsp3) is 0.720. The summed E-state index contributed by atoms with van der Waals surface area (Å²) in [5, 5.41) is -1.15. The number of methoxy groups -OCH3 is 1. The molecule has 1 aromatic rings. The second-order valence-electron chi connectivity index (χ2n) is 9.59. The topological polar surface area (TPSA) is 35.5 Å². The number of carbonyl (C=O) groups excluding carboxylic acids is 1. The molecule has 0 heterocycles. The Labute approximate surface area is 206 Å². The van der Waals surface area contributed by atoms with Gasteiger partial charge in [0.15, 0.2) is 0 Å². The van der Waals surface area contributed by atoms with Crippen LogP contribution in [-0.4, -0.2) is 17.7 Å². The van der Waals surface area contributed by atoms with Crippen molar-refractivity contribution in [3.63, 3.8) is 0 Å². The van der Waals surface area contributed by atoms with E-state index in [1.54, 1.807) is 0 Å². The Hall–Kier alpha value is -1.58. The lowest BCUT2D eigenvalue weighted by molar-refractivity contribution is -0.163. The first-order chi connectivity index (χ1) is 16.4. The number of carbonyl (C=O) groups is 1. The SMILES string of the molecule is CCC[C@H]1CC[C@H](C2CCC(SC(=O)Oc3ccc(OC)c(C(F)(F)F)c3C(F)(F)F)CC2)CC1. The average molecular weight is 527 g/mol. The Balaban J connectivity index is 1.61. The van der Waals surface area contributed by atoms with Gasteiger partial charge in [0.1, 0.15) is 22.6 Å². The van der Waals surface area contributed by atoms with Gasteiger partial charge in [-0.15, -0.1) is 0 Å². The van der Waals surface area contributed by atoms with E-state index in [4.69, 9.17) is 4.74 Å². The van der Waals surface area contributed by atoms with Crippen molar-refractivity contribution in [2.24, 2.45) is 17.8 Å². The number of benzene rings is 1. The fourth-order valence-electron chi connectivity index (χ4n) is 5.67. The van der Waals surface area contributed by atoms with E-state index in [-0.39, 0.29) is 5.25 Å². The number of halogens is 6. The van der Waals surface area contributed by atoms with Gasteiger partial charge in [0.05, 0.1) is 7.11 Å². The minimum Gasteiger partial charge on any atom is -0.496 e. The molecule has 0 radical (unpaired) electrons. The summed E-state index contributed by atoms with van der Waals surface area (Å²) < 4.78 is 90.5. The molecular weight excluding hydrogens is 494 g/mol. The number of thioether (sulfide) groups is 1. The molecule has 2 aliphatic carbocycles. The smallest absolute Gasteiger partial charge is 0.420 e. The maximum atomic E-state index is 13.6. The second-order valence-corrected chi connectivity index (χ2v) is 10.8. The van der Waals surface area contributed by atoms with Gasteiger partial charge in [-0.1, -0.05) is 32.6 Å². The van der Waals surface area contributed by atoms with Crippen molar-refractivity contribution in [3.8, 4) is 11.5 Å². The van der Waals surface area contributed by atoms with E-state index in [0.29, 0.717) is 17.9 Å². The predicted octanol–water partition coefficient (Wildman–Crippen LogP) is 9.13. The molecule has 3 rings (SSSR count). The average Bonchev–Trinajstić information content (AvgIpc) is 2.78. The third kappa shape index (κ3) is 7.23. The van der Waals surface area contributed by atoms with Gasteiger partial charge in [-0.25, -0.2) is 4.79 Å². The molecule has 3 nitrogen and oxygen atoms in total. The molecule has 2 aliphatic rings. The van der Waals surface area contributed by atoms with Crippen LogP contribution in [0.4, 0.5) is 31.1 Å². The van der Waals surface area contributed by atoms with Crippen LogP contribution in [0.1, 0.15) is 82.3 Å². The van der Waals surface area contributed by atoms with E-state index in [1.165, 1.54) is 38.5 Å². The number of alkyl halides is 6. The van der Waals surface area contributed by atoms with Gasteiger partial charge in [0, 0.05) is 5.25 Å². The first kappa shape index (κ1) is 28.0. The van der Waals surface area contributed by atoms with Gasteiger partial charge in [-0.05, 0) is 80.2 Å². The van der Waals surface area contributed by atoms with E-state index in [0.717, 1.165) is 56.5 Å². The Morgan fingerprint density at radius 2 is 1.34 bits per heavy atom. The summed E-state index contributed by atoms with van der Waals surface area (Å²) in [7, 11) is 0.847. The molecular formula is C25H32F6O3S. The molecule has 0 amide bonds. The molecule has 35 heavy (non-hydrogen) atoms. The van der Waals surface area contributed by atoms with Crippen LogP contribution in [0.2, 0.25) is 0 Å². The maximum Gasteiger partial charge on any atom is 0.420 e. The monoisotopic (exact) mass is 526 g/mol. The standard InChI is InChI=1S/C25H32F6O3S/c1-3-4-15-5-7-16(8-6-15)17-9-11-18(12-10-17)35-23(32)34-20-14-13-19(33-2)21(24(26,27)28)22(20)25(29,30)31/h13-18H,3-12H2,1-2H3/t15-,16-,17?,18?. The summed E-state index contributed by atoms with van der Waals surface area (Å²) in [6.45, 7) is 2.21. The zero-order valence-corrected chi connectivity index (χ0v) is 20.8. The van der Waals surface area contributed by atoms with E-state index < -0.39 is 40.3 Å². The van der Waals surface area contributed by atoms with Crippen molar-refractivity contribution >= 4 is 17.1 Å². The van der Waals surface area contributed by atoms with Gasteiger partial charge in [0.25, 0.3) is 0 Å². The first-order valence-corrected chi connectivity index (χ1v) is 13.1. The lowest BCUT2D eigenvalue weighted by Gasteiger charge is -2.37. The minimum absolute atomic E-state index is 0.121. The highest BCUT2D eigenvalue weighted by atomic mass is 32.2. The molecule has 0 N–H and O–H groups in total. The molecule has 0 atom stereocenters. The van der Waals surface area contributed by atoms with E-state index >= 15 is 0 Å². The van der Waals surface area contributed by atoms with Crippen LogP contribution < -0.4 is 9.47 Å². The molecule has 1 aromatic carbocycles. The van der Waals surface area contributed by atoms with Gasteiger partial charge in [-0.3, -0.25) is 0 Å². The van der Waals surface area contributed by atoms with Crippen LogP contribution in [0.5, 0.6) is 11.5 Å². The molecule has 0 aromatic heterocycles. The van der Waals surface area contributed by atoms with E-state index in [2.05, 4.69) is 11.7 Å². The predicted molar refractivity (Wildman–Crippen MR) is 123 cm³/mol. The molecule has 2 saturated carbocycles. The second kappa shape index (κ2) is 11.6. The third-order valence-corrected chi connectivity index (χ3v) is 8.43. The van der Waals surface area contributed by atoms with Gasteiger partial charge in [-0.2, -0.15) is 26.3 Å². The van der Waals surface area contributed by atoms with E-state index in [1.807, 2.05) is 0 Å². The van der Waals surface area contributed by atoms with Crippen LogP contribution in [-0.2, 0) is 12.4 Å². The molecule has 0 saturated heterocycles. The highest BCUT2D eigenvalue weighted by Crippen LogP contribution is 2.49. The molecule has 10 heteroatoms. The molecule has 198 valence electrons. The van der Waals surface area contributed by atoms with Crippen molar-refractivity contribution in [1.82, 2.24) is 0 Å². The van der Waals surface area contributed by atoms with Gasteiger partial charge in [0.2, 0.25) is 0 Å². The van der Waals surface area contributed by atoms with Crippen LogP contribution in [0.3, 0.4) is 0 Å². The molecule has 2 fully saturated rings. The third-order valence-electron chi connectivity index (χ3n) is 7.35. The summed E-state index contributed by atoms with van der Waals surface area (Å²) >= 11 is 0.773. The number of rotatable bonds is 6.